The first-order valence-electron chi connectivity index (χ1n) is 9.96. The molecule has 1 amide bonds. The molecule has 1 aliphatic rings. The van der Waals surface area contributed by atoms with Crippen molar-refractivity contribution in [2.75, 3.05) is 25.5 Å². The van der Waals surface area contributed by atoms with Gasteiger partial charge in [0, 0.05) is 45.6 Å². The molecule has 8 heteroatoms. The number of aromatic nitrogens is 4. The van der Waals surface area contributed by atoms with Crippen LogP contribution in [0.4, 0.5) is 10.3 Å². The van der Waals surface area contributed by atoms with Crippen molar-refractivity contribution in [2.24, 2.45) is 7.05 Å². The van der Waals surface area contributed by atoms with Crippen molar-refractivity contribution in [2.45, 2.75) is 25.8 Å². The molecule has 1 aromatic carbocycles. The van der Waals surface area contributed by atoms with Crippen molar-refractivity contribution in [3.05, 3.63) is 59.4 Å². The van der Waals surface area contributed by atoms with E-state index >= 15 is 0 Å². The molecule has 1 atom stereocenters. The smallest absolute Gasteiger partial charge is 0.257 e. The number of amides is 1. The van der Waals surface area contributed by atoms with Gasteiger partial charge in [-0.2, -0.15) is 5.10 Å². The van der Waals surface area contributed by atoms with Crippen LogP contribution >= 0.6 is 0 Å². The van der Waals surface area contributed by atoms with Crippen LogP contribution in [0, 0.1) is 12.7 Å². The van der Waals surface area contributed by atoms with Crippen molar-refractivity contribution in [1.29, 1.82) is 0 Å². The van der Waals surface area contributed by atoms with E-state index in [1.807, 2.05) is 36.9 Å². The van der Waals surface area contributed by atoms with Crippen molar-refractivity contribution >= 4 is 11.9 Å². The molecule has 3 heterocycles. The summed E-state index contributed by atoms with van der Waals surface area (Å²) in [6.45, 7) is 2.48. The second-order valence-corrected chi connectivity index (χ2v) is 7.83. The van der Waals surface area contributed by atoms with E-state index in [0.717, 1.165) is 24.1 Å². The molecule has 1 saturated heterocycles. The van der Waals surface area contributed by atoms with Gasteiger partial charge in [-0.25, -0.2) is 14.4 Å². The van der Waals surface area contributed by atoms with Crippen molar-refractivity contribution in [3.8, 4) is 11.1 Å². The second-order valence-electron chi connectivity index (χ2n) is 7.83. The number of likely N-dealkylation sites (tertiary alicyclic amines) is 1. The Kier molecular flexibility index (Phi) is 5.24. The van der Waals surface area contributed by atoms with Gasteiger partial charge < -0.3 is 9.80 Å². The second kappa shape index (κ2) is 7.85. The summed E-state index contributed by atoms with van der Waals surface area (Å²) in [4.78, 5) is 26.3. The third kappa shape index (κ3) is 3.65. The van der Waals surface area contributed by atoms with E-state index in [9.17, 15) is 9.18 Å². The first kappa shape index (κ1) is 20.0. The molecule has 30 heavy (non-hydrogen) atoms. The SMILES string of the molecule is Cc1nn(C)cc1C(=O)N1CCC[C@H]1c1nc(N(C)C)ncc1-c1cccc(F)c1. The minimum atomic E-state index is -0.319. The maximum atomic E-state index is 13.9. The summed E-state index contributed by atoms with van der Waals surface area (Å²) in [5.41, 5.74) is 3.49. The molecule has 0 saturated carbocycles. The highest BCUT2D eigenvalue weighted by Gasteiger charge is 2.35. The van der Waals surface area contributed by atoms with E-state index < -0.39 is 0 Å². The lowest BCUT2D eigenvalue weighted by Gasteiger charge is -2.26. The lowest BCUT2D eigenvalue weighted by atomic mass is 9.99. The average Bonchev–Trinajstić information content (AvgIpc) is 3.33. The summed E-state index contributed by atoms with van der Waals surface area (Å²) in [5, 5.41) is 4.31. The van der Waals surface area contributed by atoms with Crippen LogP contribution in [0.1, 0.15) is 40.6 Å². The molecule has 3 aromatic rings. The minimum absolute atomic E-state index is 0.0571. The first-order chi connectivity index (χ1) is 14.3. The van der Waals surface area contributed by atoms with Crippen LogP contribution in [-0.4, -0.2) is 51.2 Å². The third-order valence-electron chi connectivity index (χ3n) is 5.41. The van der Waals surface area contributed by atoms with E-state index in [0.29, 0.717) is 29.3 Å². The first-order valence-corrected chi connectivity index (χ1v) is 9.96. The van der Waals surface area contributed by atoms with E-state index in [-0.39, 0.29) is 17.8 Å². The van der Waals surface area contributed by atoms with Crippen LogP contribution in [0.2, 0.25) is 0 Å². The van der Waals surface area contributed by atoms with E-state index in [2.05, 4.69) is 10.1 Å². The summed E-state index contributed by atoms with van der Waals surface area (Å²) in [5.74, 6) is 0.181. The van der Waals surface area contributed by atoms with Crippen molar-refractivity contribution < 1.29 is 9.18 Å². The van der Waals surface area contributed by atoms with Crippen molar-refractivity contribution in [1.82, 2.24) is 24.6 Å². The molecule has 1 aliphatic heterocycles. The topological polar surface area (TPSA) is 67.2 Å². The average molecular weight is 408 g/mol. The number of aryl methyl sites for hydroxylation is 2. The largest absolute Gasteiger partial charge is 0.347 e. The number of anilines is 1. The zero-order chi connectivity index (χ0) is 21.4. The summed E-state index contributed by atoms with van der Waals surface area (Å²) in [7, 11) is 5.55. The predicted molar refractivity (Wildman–Crippen MR) is 113 cm³/mol. The molecule has 0 aliphatic carbocycles. The van der Waals surface area contributed by atoms with Crippen LogP contribution in [0.25, 0.3) is 11.1 Å². The highest BCUT2D eigenvalue weighted by atomic mass is 19.1. The number of benzene rings is 1. The highest BCUT2D eigenvalue weighted by Crippen LogP contribution is 2.38. The Bertz CT molecular complexity index is 1090. The Morgan fingerprint density at radius 1 is 1.30 bits per heavy atom. The summed E-state index contributed by atoms with van der Waals surface area (Å²) in [6.07, 6.45) is 5.14. The van der Waals surface area contributed by atoms with Crippen LogP contribution in [0.15, 0.2) is 36.7 Å². The van der Waals surface area contributed by atoms with E-state index in [4.69, 9.17) is 4.98 Å². The fourth-order valence-electron chi connectivity index (χ4n) is 3.99. The predicted octanol–water partition coefficient (Wildman–Crippen LogP) is 3.37. The Morgan fingerprint density at radius 3 is 2.77 bits per heavy atom. The van der Waals surface area contributed by atoms with Crippen LogP contribution < -0.4 is 4.90 Å². The molecule has 4 rings (SSSR count). The van der Waals surface area contributed by atoms with Crippen molar-refractivity contribution in [3.63, 3.8) is 0 Å². The Morgan fingerprint density at radius 2 is 2.10 bits per heavy atom. The van der Waals surface area contributed by atoms with Gasteiger partial charge in [0.25, 0.3) is 5.91 Å². The van der Waals surface area contributed by atoms with Crippen LogP contribution in [0.3, 0.4) is 0 Å². The third-order valence-corrected chi connectivity index (χ3v) is 5.41. The number of halogens is 1. The van der Waals surface area contributed by atoms with Gasteiger partial charge >= 0.3 is 0 Å². The van der Waals surface area contributed by atoms with Gasteiger partial charge in [0.15, 0.2) is 0 Å². The number of carbonyl (C=O) groups is 1. The Labute approximate surface area is 175 Å². The summed E-state index contributed by atoms with van der Waals surface area (Å²) >= 11 is 0. The summed E-state index contributed by atoms with van der Waals surface area (Å²) < 4.78 is 15.6. The van der Waals surface area contributed by atoms with Crippen LogP contribution in [-0.2, 0) is 7.05 Å². The number of hydrogen-bond acceptors (Lipinski definition) is 5. The monoisotopic (exact) mass is 408 g/mol. The molecule has 0 bridgehead atoms. The molecule has 0 spiro atoms. The molecule has 0 radical (unpaired) electrons. The Hall–Kier alpha value is -3.29. The molecular formula is C22H25FN6O. The fraction of sp³-hybridized carbons (Fsp3) is 0.364. The number of hydrogen-bond donors (Lipinski definition) is 0. The number of rotatable bonds is 4. The molecule has 1 fully saturated rings. The van der Waals surface area contributed by atoms with E-state index in [1.165, 1.54) is 12.1 Å². The zero-order valence-electron chi connectivity index (χ0n) is 17.6. The lowest BCUT2D eigenvalue weighted by molar-refractivity contribution is 0.0732. The van der Waals surface area contributed by atoms with E-state index in [1.54, 1.807) is 30.2 Å². The highest BCUT2D eigenvalue weighted by molar-refractivity contribution is 5.95. The van der Waals surface area contributed by atoms with Gasteiger partial charge in [0.05, 0.1) is 23.0 Å². The molecule has 2 aromatic heterocycles. The lowest BCUT2D eigenvalue weighted by Crippen LogP contribution is -2.32. The van der Waals surface area contributed by atoms with Gasteiger partial charge in [-0.05, 0) is 37.5 Å². The minimum Gasteiger partial charge on any atom is -0.347 e. The fourth-order valence-corrected chi connectivity index (χ4v) is 3.99. The number of nitrogens with zero attached hydrogens (tertiary/aromatic N) is 6. The van der Waals surface area contributed by atoms with Gasteiger partial charge in [-0.3, -0.25) is 9.48 Å². The van der Waals surface area contributed by atoms with Gasteiger partial charge in [0.1, 0.15) is 5.82 Å². The molecule has 0 N–H and O–H groups in total. The molecule has 156 valence electrons. The standard InChI is InChI=1S/C22H25FN6O/c1-14-18(13-28(4)26-14)21(30)29-10-6-9-19(29)20-17(12-24-22(25-20)27(2)3)15-7-5-8-16(23)11-15/h5,7-8,11-13,19H,6,9-10H2,1-4H3/t19-/m0/s1. The van der Waals surface area contributed by atoms with Crippen LogP contribution in [0.5, 0.6) is 0 Å². The zero-order valence-corrected chi connectivity index (χ0v) is 17.6. The Balaban J connectivity index is 1.80. The van der Waals surface area contributed by atoms with Gasteiger partial charge in [-0.1, -0.05) is 12.1 Å². The quantitative estimate of drug-likeness (QED) is 0.662. The normalized spacial score (nSPS) is 16.2. The maximum absolute atomic E-state index is 13.9. The number of carbonyl (C=O) groups excluding carboxylic acids is 1. The molecule has 0 unspecified atom stereocenters. The molecular weight excluding hydrogens is 383 g/mol. The van der Waals surface area contributed by atoms with Gasteiger partial charge in [-0.15, -0.1) is 0 Å². The molecule has 7 nitrogen and oxygen atoms in total. The van der Waals surface area contributed by atoms with Gasteiger partial charge in [0.2, 0.25) is 5.95 Å². The maximum Gasteiger partial charge on any atom is 0.257 e. The summed E-state index contributed by atoms with van der Waals surface area (Å²) in [6, 6.07) is 6.19.